The molecule has 0 fully saturated rings. The fraction of sp³-hybridized carbons (Fsp3) is 0.357. The summed E-state index contributed by atoms with van der Waals surface area (Å²) in [6, 6.07) is 6.93. The molecule has 118 valence electrons. The number of rotatable bonds is 7. The summed E-state index contributed by atoms with van der Waals surface area (Å²) in [7, 11) is 1.21. The molecule has 0 aliphatic rings. The van der Waals surface area contributed by atoms with Gasteiger partial charge in [-0.3, -0.25) is 9.59 Å². The number of carbonyl (C=O) groups excluding carboxylic acids is 2. The average molecular weight is 502 g/mol. The Morgan fingerprint density at radius 3 is 2.36 bits per heavy atom. The number of carboxylic acids is 1. The molecule has 0 saturated carbocycles. The molecule has 1 rings (SSSR count). The fourth-order valence-electron chi connectivity index (χ4n) is 1.74. The molecular formula is C14H18N2O5Pb. The van der Waals surface area contributed by atoms with Gasteiger partial charge in [-0.2, -0.15) is 0 Å². The number of carbonyl (C=O) groups is 3. The number of nitrogens with two attached hydrogens (primary N) is 1. The summed E-state index contributed by atoms with van der Waals surface area (Å²) in [4.78, 5) is 34.0. The standard InChI is InChI=1S/C14H18N2O5.Pb/c1-21-14(20)11(7-9-5-3-2-4-6-9)16-13(19)10(15)8-12(17)18;/h2-6,10-11H,7-8,15H2,1H3,(H,16,19)(H,17,18);. The Bertz CT molecular complexity index is 509. The van der Waals surface area contributed by atoms with E-state index in [4.69, 9.17) is 10.8 Å². The Hall–Kier alpha value is -1.49. The van der Waals surface area contributed by atoms with Gasteiger partial charge in [0.25, 0.3) is 0 Å². The van der Waals surface area contributed by atoms with Crippen LogP contribution in [-0.2, 0) is 25.5 Å². The summed E-state index contributed by atoms with van der Waals surface area (Å²) in [6.45, 7) is 0. The maximum Gasteiger partial charge on any atom is 0.328 e. The molecule has 0 heterocycles. The normalized spacial score (nSPS) is 12.5. The Labute approximate surface area is 148 Å². The van der Waals surface area contributed by atoms with Crippen LogP contribution in [0.2, 0.25) is 0 Å². The van der Waals surface area contributed by atoms with E-state index in [1.54, 1.807) is 12.1 Å². The summed E-state index contributed by atoms with van der Waals surface area (Å²) in [5, 5.41) is 11.0. The number of amides is 1. The maximum atomic E-state index is 11.8. The number of hydrogen-bond donors (Lipinski definition) is 3. The SMILES string of the molecule is COC(=O)C(Cc1ccccc1)NC(=O)C(N)CC(=O)O.[Pb]. The van der Waals surface area contributed by atoms with Crippen LogP contribution in [0, 0.1) is 0 Å². The molecule has 1 amide bonds. The van der Waals surface area contributed by atoms with E-state index in [1.807, 2.05) is 18.2 Å². The minimum Gasteiger partial charge on any atom is -0.481 e. The molecule has 4 radical (unpaired) electrons. The molecule has 0 aromatic heterocycles. The van der Waals surface area contributed by atoms with Crippen molar-refractivity contribution >= 4 is 45.1 Å². The Kier molecular flexibility index (Phi) is 9.58. The molecule has 0 aliphatic heterocycles. The second-order valence-corrected chi connectivity index (χ2v) is 4.48. The van der Waals surface area contributed by atoms with Crippen LogP contribution in [0.15, 0.2) is 30.3 Å². The number of carboxylic acid groups (broad SMARTS) is 1. The van der Waals surface area contributed by atoms with Crippen LogP contribution < -0.4 is 11.1 Å². The first-order valence-corrected chi connectivity index (χ1v) is 6.33. The second-order valence-electron chi connectivity index (χ2n) is 4.48. The Morgan fingerprint density at radius 1 is 1.27 bits per heavy atom. The van der Waals surface area contributed by atoms with Crippen LogP contribution in [0.3, 0.4) is 0 Å². The van der Waals surface area contributed by atoms with E-state index in [0.29, 0.717) is 0 Å². The van der Waals surface area contributed by atoms with E-state index in [9.17, 15) is 14.4 Å². The van der Waals surface area contributed by atoms with E-state index in [-0.39, 0.29) is 33.7 Å². The van der Waals surface area contributed by atoms with Crippen molar-refractivity contribution in [2.75, 3.05) is 7.11 Å². The van der Waals surface area contributed by atoms with Crippen molar-refractivity contribution in [1.82, 2.24) is 5.32 Å². The Morgan fingerprint density at radius 2 is 1.86 bits per heavy atom. The van der Waals surface area contributed by atoms with Crippen molar-refractivity contribution in [3.05, 3.63) is 35.9 Å². The zero-order valence-electron chi connectivity index (χ0n) is 12.1. The predicted octanol–water partition coefficient (Wildman–Crippen LogP) is -0.692. The van der Waals surface area contributed by atoms with Crippen molar-refractivity contribution in [3.63, 3.8) is 0 Å². The molecule has 0 aliphatic carbocycles. The number of hydrogen-bond acceptors (Lipinski definition) is 5. The van der Waals surface area contributed by atoms with Gasteiger partial charge in [-0.15, -0.1) is 0 Å². The van der Waals surface area contributed by atoms with E-state index in [0.717, 1.165) is 5.56 Å². The third kappa shape index (κ3) is 6.98. The van der Waals surface area contributed by atoms with Crippen LogP contribution in [0.1, 0.15) is 12.0 Å². The average Bonchev–Trinajstić information content (AvgIpc) is 2.46. The molecule has 0 spiro atoms. The minimum atomic E-state index is -1.22. The van der Waals surface area contributed by atoms with Crippen LogP contribution in [0.4, 0.5) is 0 Å². The summed E-state index contributed by atoms with van der Waals surface area (Å²) in [5.41, 5.74) is 6.29. The number of ether oxygens (including phenoxy) is 1. The molecule has 0 bridgehead atoms. The Balaban J connectivity index is 0.00000441. The largest absolute Gasteiger partial charge is 0.481 e. The second kappa shape index (κ2) is 10.3. The molecule has 1 aromatic rings. The van der Waals surface area contributed by atoms with Crippen molar-refractivity contribution in [2.45, 2.75) is 24.9 Å². The number of methoxy groups -OCH3 is 1. The van der Waals surface area contributed by atoms with Gasteiger partial charge in [0.1, 0.15) is 6.04 Å². The summed E-state index contributed by atoms with van der Waals surface area (Å²) < 4.78 is 4.64. The van der Waals surface area contributed by atoms with Gasteiger partial charge in [0.15, 0.2) is 0 Å². The maximum absolute atomic E-state index is 11.8. The summed E-state index contributed by atoms with van der Waals surface area (Å²) in [6.07, 6.45) is -0.274. The van der Waals surface area contributed by atoms with Crippen LogP contribution in [0.25, 0.3) is 0 Å². The van der Waals surface area contributed by atoms with Gasteiger partial charge in [-0.25, -0.2) is 4.79 Å². The van der Waals surface area contributed by atoms with E-state index in [1.165, 1.54) is 7.11 Å². The smallest absolute Gasteiger partial charge is 0.328 e. The molecule has 1 aromatic carbocycles. The van der Waals surface area contributed by atoms with Gasteiger partial charge in [0, 0.05) is 33.7 Å². The molecule has 4 N–H and O–H groups in total. The third-order valence-electron chi connectivity index (χ3n) is 2.82. The van der Waals surface area contributed by atoms with Crippen molar-refractivity contribution in [2.24, 2.45) is 5.73 Å². The first-order valence-electron chi connectivity index (χ1n) is 6.33. The topological polar surface area (TPSA) is 119 Å². The number of benzene rings is 1. The third-order valence-corrected chi connectivity index (χ3v) is 2.82. The monoisotopic (exact) mass is 502 g/mol. The molecule has 8 heteroatoms. The van der Waals surface area contributed by atoms with Gasteiger partial charge < -0.3 is 20.9 Å². The van der Waals surface area contributed by atoms with Gasteiger partial charge in [0.05, 0.1) is 19.6 Å². The van der Waals surface area contributed by atoms with E-state index >= 15 is 0 Å². The van der Waals surface area contributed by atoms with Crippen LogP contribution in [0.5, 0.6) is 0 Å². The molecule has 22 heavy (non-hydrogen) atoms. The van der Waals surface area contributed by atoms with Gasteiger partial charge in [-0.05, 0) is 5.56 Å². The minimum absolute atomic E-state index is 0. The van der Waals surface area contributed by atoms with Gasteiger partial charge in [-0.1, -0.05) is 30.3 Å². The molecular weight excluding hydrogens is 483 g/mol. The zero-order valence-corrected chi connectivity index (χ0v) is 16.0. The van der Waals surface area contributed by atoms with Crippen molar-refractivity contribution in [3.8, 4) is 0 Å². The van der Waals surface area contributed by atoms with Crippen LogP contribution >= 0.6 is 0 Å². The quantitative estimate of drug-likeness (QED) is 0.336. The molecule has 2 atom stereocenters. The van der Waals surface area contributed by atoms with Crippen molar-refractivity contribution < 1.29 is 24.2 Å². The van der Waals surface area contributed by atoms with Gasteiger partial charge in [0.2, 0.25) is 5.91 Å². The number of nitrogens with one attached hydrogen (secondary N) is 1. The molecule has 2 unspecified atom stereocenters. The molecule has 7 nitrogen and oxygen atoms in total. The fourth-order valence-corrected chi connectivity index (χ4v) is 1.74. The summed E-state index contributed by atoms with van der Waals surface area (Å²) >= 11 is 0. The number of aliphatic carboxylic acids is 1. The van der Waals surface area contributed by atoms with Crippen molar-refractivity contribution in [1.29, 1.82) is 0 Å². The van der Waals surface area contributed by atoms with E-state index < -0.39 is 36.4 Å². The van der Waals surface area contributed by atoms with E-state index in [2.05, 4.69) is 10.1 Å². The zero-order chi connectivity index (χ0) is 15.8. The summed E-state index contributed by atoms with van der Waals surface area (Å²) in [5.74, 6) is -2.51. The molecule has 0 saturated heterocycles. The first kappa shape index (κ1) is 20.5. The predicted molar refractivity (Wildman–Crippen MR) is 80.1 cm³/mol. The van der Waals surface area contributed by atoms with Gasteiger partial charge >= 0.3 is 11.9 Å². The van der Waals surface area contributed by atoms with Crippen LogP contribution in [-0.4, -0.2) is 69.4 Å². The number of esters is 1. The first-order chi connectivity index (χ1) is 9.93.